The maximum absolute atomic E-state index is 13.0. The molecule has 0 amide bonds. The largest absolute Gasteiger partial charge is 0.417 e. The number of benzene rings is 2. The van der Waals surface area contributed by atoms with E-state index in [9.17, 15) is 13.2 Å². The van der Waals surface area contributed by atoms with Gasteiger partial charge in [0.2, 0.25) is 0 Å². The number of hydrogen-bond donors (Lipinski definition) is 0. The predicted octanol–water partition coefficient (Wildman–Crippen LogP) is 5.22. The van der Waals surface area contributed by atoms with E-state index in [1.807, 2.05) is 60.7 Å². The van der Waals surface area contributed by atoms with E-state index in [2.05, 4.69) is 0 Å². The van der Waals surface area contributed by atoms with Crippen LogP contribution in [0.15, 0.2) is 72.9 Å². The minimum Gasteiger partial charge on any atom is -0.342 e. The van der Waals surface area contributed by atoms with Gasteiger partial charge in [0.05, 0.1) is 5.56 Å². The summed E-state index contributed by atoms with van der Waals surface area (Å²) in [6.07, 6.45) is -3.17. The molecule has 4 heteroatoms. The number of aromatic nitrogens is 1. The van der Waals surface area contributed by atoms with Gasteiger partial charge in [-0.25, -0.2) is 0 Å². The molecule has 0 aliphatic carbocycles. The van der Waals surface area contributed by atoms with Crippen molar-refractivity contribution in [2.45, 2.75) is 12.7 Å². The van der Waals surface area contributed by atoms with Gasteiger partial charge in [-0.2, -0.15) is 13.2 Å². The highest BCUT2D eigenvalue weighted by Gasteiger charge is 2.32. The zero-order valence-electron chi connectivity index (χ0n) is 11.7. The fourth-order valence-electron chi connectivity index (χ4n) is 2.43. The van der Waals surface area contributed by atoms with E-state index in [1.54, 1.807) is 4.57 Å². The molecular formula is C18H14F3N. The lowest BCUT2D eigenvalue weighted by molar-refractivity contribution is -0.137. The van der Waals surface area contributed by atoms with Gasteiger partial charge in [-0.05, 0) is 17.2 Å². The number of hydrogen-bond acceptors (Lipinski definition) is 0. The van der Waals surface area contributed by atoms with Crippen molar-refractivity contribution in [1.29, 1.82) is 0 Å². The molecule has 0 N–H and O–H groups in total. The summed E-state index contributed by atoms with van der Waals surface area (Å²) < 4.78 is 40.7. The Morgan fingerprint density at radius 1 is 0.818 bits per heavy atom. The van der Waals surface area contributed by atoms with Gasteiger partial charge in [-0.3, -0.25) is 0 Å². The molecule has 0 radical (unpaired) electrons. The second-order valence-electron chi connectivity index (χ2n) is 5.09. The number of alkyl halides is 3. The standard InChI is InChI=1S/C18H14F3N/c19-18(20,21)16-11-17(15-9-5-2-6-10-15)22(13-16)12-14-7-3-1-4-8-14/h1-11,13H,12H2. The van der Waals surface area contributed by atoms with Gasteiger partial charge in [-0.15, -0.1) is 0 Å². The van der Waals surface area contributed by atoms with Crippen LogP contribution in [0.3, 0.4) is 0 Å². The van der Waals surface area contributed by atoms with Crippen LogP contribution in [-0.2, 0) is 12.7 Å². The lowest BCUT2D eigenvalue weighted by Gasteiger charge is -2.09. The van der Waals surface area contributed by atoms with Gasteiger partial charge >= 0.3 is 6.18 Å². The monoisotopic (exact) mass is 301 g/mol. The highest BCUT2D eigenvalue weighted by atomic mass is 19.4. The first-order valence-electron chi connectivity index (χ1n) is 6.91. The Kier molecular flexibility index (Phi) is 3.75. The first-order valence-corrected chi connectivity index (χ1v) is 6.91. The normalized spacial score (nSPS) is 11.6. The molecule has 0 unspecified atom stereocenters. The van der Waals surface area contributed by atoms with E-state index in [4.69, 9.17) is 0 Å². The summed E-state index contributed by atoms with van der Waals surface area (Å²) in [4.78, 5) is 0. The summed E-state index contributed by atoms with van der Waals surface area (Å²) in [6, 6.07) is 19.8. The molecule has 0 spiro atoms. The average molecular weight is 301 g/mol. The maximum Gasteiger partial charge on any atom is 0.417 e. The first kappa shape index (κ1) is 14.4. The van der Waals surface area contributed by atoms with Crippen molar-refractivity contribution in [2.75, 3.05) is 0 Å². The summed E-state index contributed by atoms with van der Waals surface area (Å²) in [5.41, 5.74) is 1.68. The number of nitrogens with zero attached hydrogens (tertiary/aromatic N) is 1. The molecule has 3 aromatic rings. The van der Waals surface area contributed by atoms with Crippen molar-refractivity contribution in [3.05, 3.63) is 84.1 Å². The molecule has 2 aromatic carbocycles. The zero-order valence-corrected chi connectivity index (χ0v) is 11.7. The second-order valence-corrected chi connectivity index (χ2v) is 5.09. The summed E-state index contributed by atoms with van der Waals surface area (Å²) in [5, 5.41) is 0. The number of halogens is 3. The second kappa shape index (κ2) is 5.72. The van der Waals surface area contributed by atoms with Crippen LogP contribution in [0.4, 0.5) is 13.2 Å². The Balaban J connectivity index is 2.05. The molecule has 1 aromatic heterocycles. The molecule has 0 fully saturated rings. The van der Waals surface area contributed by atoms with Gasteiger partial charge in [-0.1, -0.05) is 60.7 Å². The van der Waals surface area contributed by atoms with Gasteiger partial charge < -0.3 is 4.57 Å². The van der Waals surface area contributed by atoms with Crippen LogP contribution in [0.5, 0.6) is 0 Å². The van der Waals surface area contributed by atoms with Crippen LogP contribution in [0.1, 0.15) is 11.1 Å². The average Bonchev–Trinajstić information content (AvgIpc) is 2.93. The Hall–Kier alpha value is -2.49. The van der Waals surface area contributed by atoms with E-state index in [0.29, 0.717) is 12.2 Å². The summed E-state index contributed by atoms with van der Waals surface area (Å²) in [7, 11) is 0. The molecule has 0 saturated carbocycles. The Morgan fingerprint density at radius 3 is 2.00 bits per heavy atom. The third-order valence-electron chi connectivity index (χ3n) is 3.49. The molecule has 0 aliphatic rings. The van der Waals surface area contributed by atoms with Gasteiger partial charge in [0, 0.05) is 18.4 Å². The highest BCUT2D eigenvalue weighted by Crippen LogP contribution is 2.34. The Bertz CT molecular complexity index is 743. The van der Waals surface area contributed by atoms with Crippen LogP contribution >= 0.6 is 0 Å². The molecule has 1 heterocycles. The summed E-state index contributed by atoms with van der Waals surface area (Å²) in [6.45, 7) is 0.404. The summed E-state index contributed by atoms with van der Waals surface area (Å²) in [5.74, 6) is 0. The predicted molar refractivity (Wildman–Crippen MR) is 80.4 cm³/mol. The van der Waals surface area contributed by atoms with Crippen LogP contribution in [0, 0.1) is 0 Å². The van der Waals surface area contributed by atoms with Crippen LogP contribution in [-0.4, -0.2) is 4.57 Å². The smallest absolute Gasteiger partial charge is 0.342 e. The zero-order chi connectivity index (χ0) is 15.6. The van der Waals surface area contributed by atoms with E-state index >= 15 is 0 Å². The SMILES string of the molecule is FC(F)(F)c1cc(-c2ccccc2)n(Cc2ccccc2)c1. The van der Waals surface area contributed by atoms with Crippen molar-refractivity contribution in [1.82, 2.24) is 4.57 Å². The lowest BCUT2D eigenvalue weighted by atomic mass is 10.1. The minimum absolute atomic E-state index is 0.404. The van der Waals surface area contributed by atoms with Gasteiger partial charge in [0.15, 0.2) is 0 Å². The van der Waals surface area contributed by atoms with Crippen molar-refractivity contribution in [3.8, 4) is 11.3 Å². The van der Waals surface area contributed by atoms with Crippen LogP contribution < -0.4 is 0 Å². The molecular weight excluding hydrogens is 287 g/mol. The van der Waals surface area contributed by atoms with Crippen LogP contribution in [0.2, 0.25) is 0 Å². The number of rotatable bonds is 3. The topological polar surface area (TPSA) is 4.93 Å². The minimum atomic E-state index is -4.34. The third kappa shape index (κ3) is 3.06. The maximum atomic E-state index is 13.0. The van der Waals surface area contributed by atoms with E-state index in [-0.39, 0.29) is 0 Å². The van der Waals surface area contributed by atoms with Crippen molar-refractivity contribution in [2.24, 2.45) is 0 Å². The lowest BCUT2D eigenvalue weighted by Crippen LogP contribution is -2.04. The molecule has 0 atom stereocenters. The Morgan fingerprint density at radius 2 is 1.41 bits per heavy atom. The fourth-order valence-corrected chi connectivity index (χ4v) is 2.43. The van der Waals surface area contributed by atoms with Crippen LogP contribution in [0.25, 0.3) is 11.3 Å². The molecule has 0 saturated heterocycles. The molecule has 3 rings (SSSR count). The molecule has 112 valence electrons. The van der Waals surface area contributed by atoms with Crippen molar-refractivity contribution >= 4 is 0 Å². The van der Waals surface area contributed by atoms with Gasteiger partial charge in [0.25, 0.3) is 0 Å². The van der Waals surface area contributed by atoms with Gasteiger partial charge in [0.1, 0.15) is 0 Å². The highest BCUT2D eigenvalue weighted by molar-refractivity contribution is 5.61. The van der Waals surface area contributed by atoms with Crippen molar-refractivity contribution in [3.63, 3.8) is 0 Å². The fraction of sp³-hybridized carbons (Fsp3) is 0.111. The molecule has 0 bridgehead atoms. The quantitative estimate of drug-likeness (QED) is 0.625. The molecule has 0 aliphatic heterocycles. The first-order chi connectivity index (χ1) is 10.5. The van der Waals surface area contributed by atoms with E-state index in [0.717, 1.165) is 11.1 Å². The molecule has 1 nitrogen and oxygen atoms in total. The van der Waals surface area contributed by atoms with Crippen molar-refractivity contribution < 1.29 is 13.2 Å². The summed E-state index contributed by atoms with van der Waals surface area (Å²) >= 11 is 0. The Labute approximate surface area is 126 Å². The third-order valence-corrected chi connectivity index (χ3v) is 3.49. The van der Waals surface area contributed by atoms with E-state index in [1.165, 1.54) is 12.3 Å². The molecule has 22 heavy (non-hydrogen) atoms. The van der Waals surface area contributed by atoms with E-state index < -0.39 is 11.7 Å².